The molecule has 0 aliphatic heterocycles. The van der Waals surface area contributed by atoms with E-state index in [9.17, 15) is 8.42 Å². The Balaban J connectivity index is 1.46. The van der Waals surface area contributed by atoms with Gasteiger partial charge in [0.1, 0.15) is 9.75 Å². The van der Waals surface area contributed by atoms with Crippen molar-refractivity contribution < 1.29 is 8.42 Å². The number of thiazole rings is 1. The minimum Gasteiger partial charge on any atom is -0.319 e. The molecule has 4 heterocycles. The van der Waals surface area contributed by atoms with E-state index in [-0.39, 0.29) is 5.54 Å². The molecule has 0 aromatic carbocycles. The summed E-state index contributed by atoms with van der Waals surface area (Å²) in [5.74, 6) is -0.480. The van der Waals surface area contributed by atoms with Crippen LogP contribution in [0.5, 0.6) is 0 Å². The topological polar surface area (TPSA) is 109 Å². The van der Waals surface area contributed by atoms with Crippen molar-refractivity contribution in [2.75, 3.05) is 0 Å². The molecule has 0 spiro atoms. The monoisotopic (exact) mass is 540 g/mol. The van der Waals surface area contributed by atoms with E-state index in [0.29, 0.717) is 10.7 Å². The molecule has 2 aliphatic rings. The van der Waals surface area contributed by atoms with Gasteiger partial charge >= 0.3 is 0 Å². The van der Waals surface area contributed by atoms with Crippen molar-refractivity contribution in [1.29, 1.82) is 0 Å². The largest absolute Gasteiger partial charge is 0.319 e. The van der Waals surface area contributed by atoms with Crippen LogP contribution in [0.15, 0.2) is 66.4 Å². The molecule has 11 heteroatoms. The van der Waals surface area contributed by atoms with Gasteiger partial charge in [-0.25, -0.2) is 22.4 Å². The molecule has 0 amide bonds. The van der Waals surface area contributed by atoms with Crippen molar-refractivity contribution in [3.05, 3.63) is 76.9 Å². The number of hydrogen-bond donors (Lipinski definition) is 1. The van der Waals surface area contributed by atoms with Gasteiger partial charge in [0, 0.05) is 53.7 Å². The highest BCUT2D eigenvalue weighted by molar-refractivity contribution is 7.91. The predicted molar refractivity (Wildman–Crippen MR) is 142 cm³/mol. The molecule has 0 bridgehead atoms. The lowest BCUT2D eigenvalue weighted by Gasteiger charge is -2.35. The van der Waals surface area contributed by atoms with Crippen molar-refractivity contribution >= 4 is 44.0 Å². The van der Waals surface area contributed by atoms with E-state index in [0.717, 1.165) is 45.7 Å². The Kier molecular flexibility index (Phi) is 5.31. The van der Waals surface area contributed by atoms with Crippen LogP contribution in [0.3, 0.4) is 0 Å². The van der Waals surface area contributed by atoms with Crippen molar-refractivity contribution in [1.82, 2.24) is 23.7 Å². The summed E-state index contributed by atoms with van der Waals surface area (Å²) in [5, 5.41) is 6.27. The van der Waals surface area contributed by atoms with Gasteiger partial charge in [0.2, 0.25) is 10.0 Å². The molecule has 4 aromatic heterocycles. The summed E-state index contributed by atoms with van der Waals surface area (Å²) in [6, 6.07) is 3.68. The normalized spacial score (nSPS) is 23.6. The van der Waals surface area contributed by atoms with Crippen molar-refractivity contribution in [2.24, 2.45) is 12.8 Å². The Morgan fingerprint density at radius 1 is 1.22 bits per heavy atom. The molecule has 1 fully saturated rings. The number of pyridine rings is 1. The van der Waals surface area contributed by atoms with Gasteiger partial charge in [-0.15, -0.1) is 11.3 Å². The number of nitrogens with two attached hydrogens (primary N) is 1. The second-order valence-electron chi connectivity index (χ2n) is 9.75. The predicted octanol–water partition coefficient (Wildman–Crippen LogP) is 4.64. The van der Waals surface area contributed by atoms with E-state index in [2.05, 4.69) is 15.1 Å². The number of nitrogens with zero attached hydrogens (tertiary/aromatic N) is 5. The van der Waals surface area contributed by atoms with Gasteiger partial charge in [-0.3, -0.25) is 4.68 Å². The van der Waals surface area contributed by atoms with Crippen LogP contribution in [0, 0.1) is 0 Å². The van der Waals surface area contributed by atoms with E-state index in [1.807, 2.05) is 24.5 Å². The molecular formula is C25H25ClN6O2S2. The maximum atomic E-state index is 14.3. The van der Waals surface area contributed by atoms with Gasteiger partial charge in [-0.2, -0.15) is 5.10 Å². The van der Waals surface area contributed by atoms with Gasteiger partial charge in [-0.1, -0.05) is 17.7 Å². The molecule has 2 atom stereocenters. The average molecular weight is 541 g/mol. The lowest BCUT2D eigenvalue weighted by molar-refractivity contribution is 0.253. The zero-order valence-electron chi connectivity index (χ0n) is 19.8. The van der Waals surface area contributed by atoms with E-state index in [4.69, 9.17) is 17.3 Å². The molecule has 36 heavy (non-hydrogen) atoms. The first-order valence-electron chi connectivity index (χ1n) is 11.6. The highest BCUT2D eigenvalue weighted by Crippen LogP contribution is 2.45. The number of hydrogen-bond acceptors (Lipinski definition) is 7. The standard InChI is InChI=1S/C25H25ClN6O2S2/c1-24(12-17(26)4-5-20(24)16-13-30-31(2)15-16)36(33,34)32-11-7-19-18(6-10-28-22(19)32)21-14-29-23(35-21)25(27)8-3-9-25/h4-7,10-15,20H,3,8-9,27H2,1-2H3. The average Bonchev–Trinajstić information content (AvgIpc) is 3.57. The quantitative estimate of drug-likeness (QED) is 0.395. The molecule has 186 valence electrons. The summed E-state index contributed by atoms with van der Waals surface area (Å²) < 4.78 is 30.1. The second-order valence-corrected chi connectivity index (χ2v) is 13.4. The van der Waals surface area contributed by atoms with Crippen LogP contribution in [-0.4, -0.2) is 36.9 Å². The fourth-order valence-electron chi connectivity index (χ4n) is 5.10. The molecule has 6 rings (SSSR count). The number of fused-ring (bicyclic) bond motifs is 1. The van der Waals surface area contributed by atoms with Crippen LogP contribution in [0.1, 0.15) is 42.7 Å². The molecule has 8 nitrogen and oxygen atoms in total. The Morgan fingerprint density at radius 2 is 2.03 bits per heavy atom. The molecule has 2 aliphatic carbocycles. The van der Waals surface area contributed by atoms with Gasteiger partial charge < -0.3 is 5.73 Å². The molecule has 1 saturated carbocycles. The maximum absolute atomic E-state index is 14.3. The number of halogens is 1. The van der Waals surface area contributed by atoms with Crippen LogP contribution < -0.4 is 5.73 Å². The number of rotatable bonds is 5. The molecule has 4 aromatic rings. The SMILES string of the molecule is Cn1cc(C2C=CC(Cl)=CC2(C)S(=O)(=O)n2ccc3c(-c4cnc(C5(N)CCC5)s4)ccnc32)cn1. The number of aromatic nitrogens is 5. The first kappa shape index (κ1) is 23.6. The fourth-order valence-corrected chi connectivity index (χ4v) is 8.41. The lowest BCUT2D eigenvalue weighted by atomic mass is 9.78. The van der Waals surface area contributed by atoms with Crippen LogP contribution in [-0.2, 0) is 22.6 Å². The molecule has 2 N–H and O–H groups in total. The summed E-state index contributed by atoms with van der Waals surface area (Å²) in [4.78, 5) is 10.0. The summed E-state index contributed by atoms with van der Waals surface area (Å²) in [6.07, 6.45) is 16.7. The van der Waals surface area contributed by atoms with E-state index < -0.39 is 20.7 Å². The van der Waals surface area contributed by atoms with Crippen molar-refractivity contribution in [2.45, 2.75) is 42.4 Å². The summed E-state index contributed by atoms with van der Waals surface area (Å²) in [6.45, 7) is 1.69. The highest BCUT2D eigenvalue weighted by atomic mass is 35.5. The van der Waals surface area contributed by atoms with Crippen LogP contribution >= 0.6 is 22.9 Å². The fraction of sp³-hybridized carbons (Fsp3) is 0.320. The number of allylic oxidation sites excluding steroid dienone is 3. The van der Waals surface area contributed by atoms with Crippen LogP contribution in [0.2, 0.25) is 0 Å². The third-order valence-corrected chi connectivity index (χ3v) is 11.2. The Labute approximate surface area is 218 Å². The third kappa shape index (κ3) is 3.42. The highest BCUT2D eigenvalue weighted by Gasteiger charge is 2.48. The Morgan fingerprint density at radius 3 is 2.72 bits per heavy atom. The Hall–Kier alpha value is -2.79. The first-order valence-corrected chi connectivity index (χ1v) is 14.3. The van der Waals surface area contributed by atoms with Crippen molar-refractivity contribution in [3.63, 3.8) is 0 Å². The van der Waals surface area contributed by atoms with Crippen LogP contribution in [0.4, 0.5) is 0 Å². The molecule has 0 radical (unpaired) electrons. The van der Waals surface area contributed by atoms with Gasteiger partial charge in [0.05, 0.1) is 16.6 Å². The van der Waals surface area contributed by atoms with E-state index >= 15 is 0 Å². The molecule has 2 unspecified atom stereocenters. The summed E-state index contributed by atoms with van der Waals surface area (Å²) in [5.41, 5.74) is 8.17. The van der Waals surface area contributed by atoms with Gasteiger partial charge in [0.25, 0.3) is 0 Å². The van der Waals surface area contributed by atoms with Crippen molar-refractivity contribution in [3.8, 4) is 10.4 Å². The third-order valence-electron chi connectivity index (χ3n) is 7.39. The van der Waals surface area contributed by atoms with E-state index in [1.54, 1.807) is 66.8 Å². The minimum atomic E-state index is -4.00. The minimum absolute atomic E-state index is 0.347. The number of aryl methyl sites for hydroxylation is 1. The molecule has 0 saturated heterocycles. The smallest absolute Gasteiger partial charge is 0.250 e. The second kappa shape index (κ2) is 8.11. The van der Waals surface area contributed by atoms with Gasteiger partial charge in [0.15, 0.2) is 5.65 Å². The first-order chi connectivity index (χ1) is 17.1. The lowest BCUT2D eigenvalue weighted by Crippen LogP contribution is -2.43. The Bertz CT molecular complexity index is 1660. The zero-order valence-corrected chi connectivity index (χ0v) is 22.2. The zero-order chi connectivity index (χ0) is 25.3. The van der Waals surface area contributed by atoms with Gasteiger partial charge in [-0.05, 0) is 56.0 Å². The summed E-state index contributed by atoms with van der Waals surface area (Å²) in [7, 11) is -2.20. The summed E-state index contributed by atoms with van der Waals surface area (Å²) >= 11 is 7.91. The van der Waals surface area contributed by atoms with E-state index in [1.165, 1.54) is 3.97 Å². The maximum Gasteiger partial charge on any atom is 0.250 e. The molecular weight excluding hydrogens is 516 g/mol. The van der Waals surface area contributed by atoms with Crippen LogP contribution in [0.25, 0.3) is 21.5 Å².